The Morgan fingerprint density at radius 2 is 1.93 bits per heavy atom. The zero-order valence-electron chi connectivity index (χ0n) is 16.7. The lowest BCUT2D eigenvalue weighted by molar-refractivity contribution is -0.117. The lowest BCUT2D eigenvalue weighted by atomic mass is 10.2. The minimum atomic E-state index is -0.419. The van der Waals surface area contributed by atoms with Crippen LogP contribution in [0.4, 0.5) is 5.69 Å². The van der Waals surface area contributed by atoms with Gasteiger partial charge in [0.05, 0.1) is 18.8 Å². The molecule has 29 heavy (non-hydrogen) atoms. The van der Waals surface area contributed by atoms with E-state index in [0.717, 1.165) is 10.4 Å². The van der Waals surface area contributed by atoms with E-state index in [-0.39, 0.29) is 19.1 Å². The molecule has 0 aliphatic carbocycles. The van der Waals surface area contributed by atoms with E-state index in [1.807, 2.05) is 48.3 Å². The number of hydrogen-bond acceptors (Lipinski definition) is 6. The maximum atomic E-state index is 12.6. The van der Waals surface area contributed by atoms with Crippen molar-refractivity contribution in [1.82, 2.24) is 4.90 Å². The highest BCUT2D eigenvalue weighted by atomic mass is 32.1. The van der Waals surface area contributed by atoms with Crippen LogP contribution in [0.2, 0.25) is 0 Å². The fraction of sp³-hybridized carbons (Fsp3) is 0.273. The summed E-state index contributed by atoms with van der Waals surface area (Å²) in [5.74, 6) is -0.581. The maximum Gasteiger partial charge on any atom is 0.350 e. The number of rotatable bonds is 8. The van der Waals surface area contributed by atoms with Crippen molar-refractivity contribution in [3.05, 3.63) is 63.2 Å². The summed E-state index contributed by atoms with van der Waals surface area (Å²) in [5, 5.41) is 4.95. The monoisotopic (exact) mass is 428 g/mol. The molecule has 1 N–H and O–H groups in total. The van der Waals surface area contributed by atoms with Crippen molar-refractivity contribution in [3.8, 4) is 10.4 Å². The fourth-order valence-corrected chi connectivity index (χ4v) is 4.88. The second-order valence-electron chi connectivity index (χ2n) is 6.69. The molecule has 3 aromatic rings. The molecule has 0 radical (unpaired) electrons. The van der Waals surface area contributed by atoms with Gasteiger partial charge in [0, 0.05) is 16.3 Å². The summed E-state index contributed by atoms with van der Waals surface area (Å²) in [6.07, 6.45) is 0. The van der Waals surface area contributed by atoms with Gasteiger partial charge in [-0.15, -0.1) is 22.7 Å². The van der Waals surface area contributed by atoms with E-state index in [2.05, 4.69) is 23.7 Å². The number of carbonyl (C=O) groups excluding carboxylic acids is 2. The van der Waals surface area contributed by atoms with Gasteiger partial charge in [0.2, 0.25) is 5.91 Å². The smallest absolute Gasteiger partial charge is 0.350 e. The molecule has 3 rings (SSSR count). The molecule has 2 heterocycles. The Bertz CT molecular complexity index is 979. The molecule has 7 heteroatoms. The minimum Gasteiger partial charge on any atom is -0.462 e. The SMILES string of the molecule is CCOC(=O)c1sc(-c2ccccc2)cc1NC(=O)CN(C)Cc1sccc1C. The molecule has 2 aromatic heterocycles. The maximum absolute atomic E-state index is 12.6. The van der Waals surface area contributed by atoms with Gasteiger partial charge in [-0.05, 0) is 49.5 Å². The van der Waals surface area contributed by atoms with Gasteiger partial charge in [-0.1, -0.05) is 30.3 Å². The van der Waals surface area contributed by atoms with E-state index in [9.17, 15) is 9.59 Å². The number of nitrogens with one attached hydrogen (secondary N) is 1. The zero-order chi connectivity index (χ0) is 20.8. The number of nitrogens with zero attached hydrogens (tertiary/aromatic N) is 1. The summed E-state index contributed by atoms with van der Waals surface area (Å²) in [6, 6.07) is 13.7. The summed E-state index contributed by atoms with van der Waals surface area (Å²) in [5.41, 5.74) is 2.73. The van der Waals surface area contributed by atoms with Crippen LogP contribution in [0.5, 0.6) is 0 Å². The zero-order valence-corrected chi connectivity index (χ0v) is 18.4. The molecular weight excluding hydrogens is 404 g/mol. The van der Waals surface area contributed by atoms with Crippen LogP contribution in [0, 0.1) is 6.92 Å². The molecule has 1 amide bonds. The lowest BCUT2D eigenvalue weighted by Gasteiger charge is -2.16. The number of likely N-dealkylation sites (N-methyl/N-ethyl adjacent to an activating group) is 1. The van der Waals surface area contributed by atoms with Crippen LogP contribution in [-0.2, 0) is 16.1 Å². The number of thiophene rings is 2. The summed E-state index contributed by atoms with van der Waals surface area (Å²) in [4.78, 5) is 29.5. The van der Waals surface area contributed by atoms with Gasteiger partial charge in [0.15, 0.2) is 0 Å². The number of benzene rings is 1. The Balaban J connectivity index is 1.74. The minimum absolute atomic E-state index is 0.162. The predicted octanol–water partition coefficient (Wildman–Crippen LogP) is 5.03. The first-order chi connectivity index (χ1) is 14.0. The Labute approximate surface area is 178 Å². The molecule has 1 aromatic carbocycles. The first-order valence-electron chi connectivity index (χ1n) is 9.35. The van der Waals surface area contributed by atoms with Gasteiger partial charge >= 0.3 is 5.97 Å². The Morgan fingerprint density at radius 3 is 2.59 bits per heavy atom. The van der Waals surface area contributed by atoms with Gasteiger partial charge in [-0.2, -0.15) is 0 Å². The summed E-state index contributed by atoms with van der Waals surface area (Å²) in [7, 11) is 1.91. The first-order valence-corrected chi connectivity index (χ1v) is 11.0. The Morgan fingerprint density at radius 1 is 1.17 bits per heavy atom. The standard InChI is InChI=1S/C22H24N2O3S2/c1-4-27-22(26)21-17(12-18(29-21)16-8-6-5-7-9-16)23-20(25)14-24(3)13-19-15(2)10-11-28-19/h5-12H,4,13-14H2,1-3H3,(H,23,25). The number of anilines is 1. The molecule has 0 fully saturated rings. The van der Waals surface area contributed by atoms with Crippen LogP contribution in [0.15, 0.2) is 47.8 Å². The average molecular weight is 429 g/mol. The summed E-state index contributed by atoms with van der Waals surface area (Å²) >= 11 is 3.01. The second-order valence-corrected chi connectivity index (χ2v) is 8.74. The Kier molecular flexibility index (Phi) is 7.19. The highest BCUT2D eigenvalue weighted by Gasteiger charge is 2.20. The van der Waals surface area contributed by atoms with Crippen LogP contribution in [0.25, 0.3) is 10.4 Å². The largest absolute Gasteiger partial charge is 0.462 e. The van der Waals surface area contributed by atoms with Crippen LogP contribution < -0.4 is 5.32 Å². The lowest BCUT2D eigenvalue weighted by Crippen LogP contribution is -2.30. The van der Waals surface area contributed by atoms with E-state index >= 15 is 0 Å². The van der Waals surface area contributed by atoms with E-state index in [1.165, 1.54) is 21.8 Å². The van der Waals surface area contributed by atoms with Gasteiger partial charge in [-0.3, -0.25) is 9.69 Å². The van der Waals surface area contributed by atoms with Gasteiger partial charge in [-0.25, -0.2) is 4.79 Å². The average Bonchev–Trinajstić information content (AvgIpc) is 3.29. The molecular formula is C22H24N2O3S2. The van der Waals surface area contributed by atoms with E-state index in [1.54, 1.807) is 18.3 Å². The highest BCUT2D eigenvalue weighted by molar-refractivity contribution is 7.18. The van der Waals surface area contributed by atoms with E-state index < -0.39 is 5.97 Å². The molecule has 0 atom stereocenters. The number of aryl methyl sites for hydroxylation is 1. The number of esters is 1. The molecule has 152 valence electrons. The number of ether oxygens (including phenoxy) is 1. The molecule has 0 aliphatic rings. The van der Waals surface area contributed by atoms with Gasteiger partial charge in [0.1, 0.15) is 4.88 Å². The number of hydrogen-bond donors (Lipinski definition) is 1. The fourth-order valence-electron chi connectivity index (χ4n) is 2.88. The normalized spacial score (nSPS) is 10.9. The predicted molar refractivity (Wildman–Crippen MR) is 120 cm³/mol. The number of carbonyl (C=O) groups is 2. The van der Waals surface area contributed by atoms with Crippen LogP contribution >= 0.6 is 22.7 Å². The Hall–Kier alpha value is -2.48. The molecule has 0 aliphatic heterocycles. The summed E-state index contributed by atoms with van der Waals surface area (Å²) in [6.45, 7) is 5.07. The van der Waals surface area contributed by atoms with Crippen molar-refractivity contribution in [3.63, 3.8) is 0 Å². The third-order valence-corrected chi connectivity index (χ3v) is 6.49. The van der Waals surface area contributed by atoms with E-state index in [4.69, 9.17) is 4.74 Å². The highest BCUT2D eigenvalue weighted by Crippen LogP contribution is 2.35. The molecule has 0 unspecified atom stereocenters. The summed E-state index contributed by atoms with van der Waals surface area (Å²) < 4.78 is 5.17. The quantitative estimate of drug-likeness (QED) is 0.511. The van der Waals surface area contributed by atoms with Crippen LogP contribution in [0.3, 0.4) is 0 Å². The van der Waals surface area contributed by atoms with Gasteiger partial charge in [0.25, 0.3) is 0 Å². The van der Waals surface area contributed by atoms with Crippen molar-refractivity contribution in [2.45, 2.75) is 20.4 Å². The van der Waals surface area contributed by atoms with Crippen molar-refractivity contribution in [2.24, 2.45) is 0 Å². The van der Waals surface area contributed by atoms with Crippen molar-refractivity contribution < 1.29 is 14.3 Å². The third-order valence-electron chi connectivity index (χ3n) is 4.32. The number of amides is 1. The van der Waals surface area contributed by atoms with Crippen molar-refractivity contribution >= 4 is 40.2 Å². The second kappa shape index (κ2) is 9.82. The third kappa shape index (κ3) is 5.53. The van der Waals surface area contributed by atoms with Crippen molar-refractivity contribution in [1.29, 1.82) is 0 Å². The molecule has 0 saturated carbocycles. The molecule has 0 spiro atoms. The topological polar surface area (TPSA) is 58.6 Å². The first kappa shape index (κ1) is 21.2. The molecule has 0 bridgehead atoms. The molecule has 5 nitrogen and oxygen atoms in total. The van der Waals surface area contributed by atoms with Crippen LogP contribution in [0.1, 0.15) is 27.0 Å². The van der Waals surface area contributed by atoms with E-state index in [0.29, 0.717) is 17.1 Å². The molecule has 0 saturated heterocycles. The van der Waals surface area contributed by atoms with Crippen molar-refractivity contribution in [2.75, 3.05) is 25.5 Å². The van der Waals surface area contributed by atoms with Gasteiger partial charge < -0.3 is 10.1 Å². The van der Waals surface area contributed by atoms with Crippen LogP contribution in [-0.4, -0.2) is 37.0 Å².